The molecule has 0 saturated heterocycles. The van der Waals surface area contributed by atoms with Gasteiger partial charge in [0.15, 0.2) is 11.6 Å². The number of ether oxygens (including phenoxy) is 2. The van der Waals surface area contributed by atoms with Crippen LogP contribution in [0.2, 0.25) is 0 Å². The van der Waals surface area contributed by atoms with Crippen molar-refractivity contribution >= 4 is 16.0 Å². The number of methoxy groups -OCH3 is 2. The SMILES string of the molecule is COc1cccc(OC)c1-n1c(NS(=O)(=O)[C@@H](C)[C@@H](O)c2ncc(C)cn2)nnc1-c1ccc(C)o1. The lowest BCUT2D eigenvalue weighted by molar-refractivity contribution is 0.166. The predicted octanol–water partition coefficient (Wildman–Crippen LogP) is 2.82. The average molecular weight is 515 g/mol. The molecule has 0 aliphatic rings. The van der Waals surface area contributed by atoms with Crippen molar-refractivity contribution < 1.29 is 27.4 Å². The molecule has 0 aliphatic carbocycles. The largest absolute Gasteiger partial charge is 0.494 e. The third-order valence-electron chi connectivity index (χ3n) is 5.48. The van der Waals surface area contributed by atoms with Crippen LogP contribution in [0, 0.1) is 13.8 Å². The minimum absolute atomic E-state index is 0.0157. The van der Waals surface area contributed by atoms with E-state index in [0.717, 1.165) is 5.56 Å². The van der Waals surface area contributed by atoms with Crippen molar-refractivity contribution in [1.29, 1.82) is 0 Å². The summed E-state index contributed by atoms with van der Waals surface area (Å²) in [5.74, 6) is 1.76. The molecular weight excluding hydrogens is 488 g/mol. The first-order chi connectivity index (χ1) is 17.2. The highest BCUT2D eigenvalue weighted by atomic mass is 32.2. The molecule has 0 spiro atoms. The third-order valence-corrected chi connectivity index (χ3v) is 7.19. The molecule has 2 N–H and O–H groups in total. The first kappa shape index (κ1) is 25.1. The summed E-state index contributed by atoms with van der Waals surface area (Å²) >= 11 is 0. The van der Waals surface area contributed by atoms with E-state index in [-0.39, 0.29) is 17.6 Å². The standard InChI is InChI=1S/C23H26N6O6S/c1-13-11-24-21(25-12-13)20(30)15(3)36(31,32)28-23-27-26-22(18-10-9-14(2)35-18)29(23)19-16(33-4)7-6-8-17(19)34-5/h6-12,15,20,30H,1-5H3,(H,27,28)/t15-,20+/m0/s1. The highest BCUT2D eigenvalue weighted by molar-refractivity contribution is 7.93. The molecule has 3 aromatic heterocycles. The minimum atomic E-state index is -4.22. The van der Waals surface area contributed by atoms with E-state index in [9.17, 15) is 13.5 Å². The number of aliphatic hydroxyl groups excluding tert-OH is 1. The molecule has 1 aromatic carbocycles. The van der Waals surface area contributed by atoms with Crippen molar-refractivity contribution in [3.8, 4) is 28.8 Å². The zero-order chi connectivity index (χ0) is 26.0. The van der Waals surface area contributed by atoms with E-state index in [1.807, 2.05) is 0 Å². The molecule has 0 bridgehead atoms. The Hall–Kier alpha value is -3.97. The number of aliphatic hydroxyl groups is 1. The topological polar surface area (TPSA) is 154 Å². The Morgan fingerprint density at radius 1 is 1.03 bits per heavy atom. The number of benzene rings is 1. The maximum absolute atomic E-state index is 13.3. The lowest BCUT2D eigenvalue weighted by Crippen LogP contribution is -2.32. The Morgan fingerprint density at radius 3 is 2.22 bits per heavy atom. The van der Waals surface area contributed by atoms with Crippen LogP contribution in [0.1, 0.15) is 30.2 Å². The van der Waals surface area contributed by atoms with E-state index in [0.29, 0.717) is 28.7 Å². The van der Waals surface area contributed by atoms with Gasteiger partial charge in [0.05, 0.1) is 14.2 Å². The van der Waals surface area contributed by atoms with Gasteiger partial charge in [-0.05, 0) is 50.6 Å². The van der Waals surface area contributed by atoms with Crippen molar-refractivity contribution in [1.82, 2.24) is 24.7 Å². The van der Waals surface area contributed by atoms with Crippen molar-refractivity contribution in [3.05, 3.63) is 59.9 Å². The van der Waals surface area contributed by atoms with E-state index in [4.69, 9.17) is 13.9 Å². The number of hydrogen-bond acceptors (Lipinski definition) is 10. The Morgan fingerprint density at radius 2 is 1.67 bits per heavy atom. The normalized spacial score (nSPS) is 13.3. The molecular formula is C23H26N6O6S. The van der Waals surface area contributed by atoms with E-state index >= 15 is 0 Å². The van der Waals surface area contributed by atoms with Gasteiger partial charge in [-0.15, -0.1) is 10.2 Å². The molecule has 190 valence electrons. The lowest BCUT2D eigenvalue weighted by Gasteiger charge is -2.20. The first-order valence-corrected chi connectivity index (χ1v) is 12.4. The molecule has 0 aliphatic heterocycles. The van der Waals surface area contributed by atoms with Crippen LogP contribution in [-0.4, -0.2) is 57.7 Å². The van der Waals surface area contributed by atoms with Crippen LogP contribution in [0.3, 0.4) is 0 Å². The summed E-state index contributed by atoms with van der Waals surface area (Å²) < 4.78 is 47.3. The molecule has 0 amide bonds. The summed E-state index contributed by atoms with van der Waals surface area (Å²) in [6.07, 6.45) is 1.51. The zero-order valence-electron chi connectivity index (χ0n) is 20.3. The van der Waals surface area contributed by atoms with Crippen LogP contribution in [0.25, 0.3) is 17.3 Å². The summed E-state index contributed by atoms with van der Waals surface area (Å²) in [6, 6.07) is 8.55. The second-order valence-corrected chi connectivity index (χ2v) is 10.1. The highest BCUT2D eigenvalue weighted by Gasteiger charge is 2.34. The van der Waals surface area contributed by atoms with Crippen LogP contribution in [-0.2, 0) is 10.0 Å². The maximum atomic E-state index is 13.3. The van der Waals surface area contributed by atoms with Gasteiger partial charge >= 0.3 is 0 Å². The zero-order valence-corrected chi connectivity index (χ0v) is 21.1. The number of rotatable bonds is 9. The second-order valence-electron chi connectivity index (χ2n) is 8.02. The molecule has 0 fully saturated rings. The summed E-state index contributed by atoms with van der Waals surface area (Å²) in [6.45, 7) is 4.90. The monoisotopic (exact) mass is 514 g/mol. The van der Waals surface area contributed by atoms with Gasteiger partial charge in [0.25, 0.3) is 0 Å². The fraction of sp³-hybridized carbons (Fsp3) is 0.304. The molecule has 4 rings (SSSR count). The average Bonchev–Trinajstić information content (AvgIpc) is 3.48. The first-order valence-electron chi connectivity index (χ1n) is 10.9. The van der Waals surface area contributed by atoms with Crippen molar-refractivity contribution in [2.24, 2.45) is 0 Å². The van der Waals surface area contributed by atoms with Crippen molar-refractivity contribution in [2.45, 2.75) is 32.1 Å². The van der Waals surface area contributed by atoms with E-state index < -0.39 is 21.4 Å². The number of anilines is 1. The molecule has 4 aromatic rings. The molecule has 0 radical (unpaired) electrons. The molecule has 13 heteroatoms. The van der Waals surface area contributed by atoms with Gasteiger partial charge in [0.1, 0.15) is 34.3 Å². The smallest absolute Gasteiger partial charge is 0.243 e. The Bertz CT molecular complexity index is 1440. The van der Waals surface area contributed by atoms with Gasteiger partial charge in [-0.2, -0.15) is 0 Å². The Balaban J connectivity index is 1.81. The third kappa shape index (κ3) is 4.75. The molecule has 0 unspecified atom stereocenters. The number of sulfonamides is 1. The van der Waals surface area contributed by atoms with Gasteiger partial charge in [0.2, 0.25) is 21.8 Å². The Labute approximate surface area is 208 Å². The quantitative estimate of drug-likeness (QED) is 0.341. The molecule has 0 saturated carbocycles. The van der Waals surface area contributed by atoms with Gasteiger partial charge in [-0.3, -0.25) is 9.29 Å². The summed E-state index contributed by atoms with van der Waals surface area (Å²) in [5.41, 5.74) is 1.13. The van der Waals surface area contributed by atoms with E-state index in [1.165, 1.54) is 38.1 Å². The fourth-order valence-electron chi connectivity index (χ4n) is 3.48. The van der Waals surface area contributed by atoms with Crippen LogP contribution in [0.4, 0.5) is 5.95 Å². The van der Waals surface area contributed by atoms with Crippen LogP contribution in [0.15, 0.2) is 47.1 Å². The van der Waals surface area contributed by atoms with Crippen molar-refractivity contribution in [3.63, 3.8) is 0 Å². The molecule has 3 heterocycles. The van der Waals surface area contributed by atoms with Gasteiger partial charge in [0, 0.05) is 12.4 Å². The van der Waals surface area contributed by atoms with Crippen LogP contribution < -0.4 is 14.2 Å². The second kappa shape index (κ2) is 9.95. The summed E-state index contributed by atoms with van der Waals surface area (Å²) in [7, 11) is -1.27. The molecule has 12 nitrogen and oxygen atoms in total. The maximum Gasteiger partial charge on any atom is 0.243 e. The number of aryl methyl sites for hydroxylation is 2. The lowest BCUT2D eigenvalue weighted by atomic mass is 10.2. The van der Waals surface area contributed by atoms with E-state index in [2.05, 4.69) is 24.9 Å². The van der Waals surface area contributed by atoms with Gasteiger partial charge < -0.3 is 19.0 Å². The van der Waals surface area contributed by atoms with Crippen molar-refractivity contribution in [2.75, 3.05) is 18.9 Å². The number of nitrogens with one attached hydrogen (secondary N) is 1. The minimum Gasteiger partial charge on any atom is -0.494 e. The molecule has 2 atom stereocenters. The highest BCUT2D eigenvalue weighted by Crippen LogP contribution is 2.38. The molecule has 36 heavy (non-hydrogen) atoms. The number of furan rings is 1. The Kier molecular flexibility index (Phi) is 6.95. The summed E-state index contributed by atoms with van der Waals surface area (Å²) in [4.78, 5) is 8.09. The predicted molar refractivity (Wildman–Crippen MR) is 131 cm³/mol. The van der Waals surface area contributed by atoms with E-state index in [1.54, 1.807) is 44.2 Å². The van der Waals surface area contributed by atoms with Crippen LogP contribution in [0.5, 0.6) is 11.5 Å². The van der Waals surface area contributed by atoms with Crippen LogP contribution >= 0.6 is 0 Å². The fourth-order valence-corrected chi connectivity index (χ4v) is 4.52. The number of para-hydroxylation sites is 1. The number of hydrogen-bond donors (Lipinski definition) is 2. The number of nitrogens with zero attached hydrogens (tertiary/aromatic N) is 5. The summed E-state index contributed by atoms with van der Waals surface area (Å²) in [5, 5.41) is 17.6. The van der Waals surface area contributed by atoms with Gasteiger partial charge in [-0.1, -0.05) is 6.07 Å². The van der Waals surface area contributed by atoms with Gasteiger partial charge in [-0.25, -0.2) is 18.4 Å². The number of aromatic nitrogens is 5.